The zero-order valence-corrected chi connectivity index (χ0v) is 47.0. The number of β-amino-alcohol motifs (C(OH)–C–C–N with tert-alkyl or cyclic N) is 1. The van der Waals surface area contributed by atoms with Gasteiger partial charge in [0.25, 0.3) is 0 Å². The van der Waals surface area contributed by atoms with E-state index in [1.54, 1.807) is 37.0 Å². The Labute approximate surface area is 461 Å². The third kappa shape index (κ3) is 14.1. The van der Waals surface area contributed by atoms with Crippen LogP contribution in [-0.4, -0.2) is 117 Å². The molecule has 3 aromatic carbocycles. The van der Waals surface area contributed by atoms with E-state index < -0.39 is 83.5 Å². The normalized spacial score (nSPS) is 22.7. The van der Waals surface area contributed by atoms with E-state index in [0.717, 1.165) is 50.4 Å². The van der Waals surface area contributed by atoms with E-state index in [1.165, 1.54) is 4.90 Å². The second-order valence-electron chi connectivity index (χ2n) is 23.8. The van der Waals surface area contributed by atoms with Crippen LogP contribution in [0.3, 0.4) is 0 Å². The number of rotatable bonds is 20. The number of nitrogens with two attached hydrogens (primary N) is 1. The van der Waals surface area contributed by atoms with Crippen molar-refractivity contribution in [3.05, 3.63) is 106 Å². The molecule has 8 atom stereocenters. The number of para-hydroxylation sites is 1. The molecule has 19 heteroatoms. The first kappa shape index (κ1) is 57.9. The molecule has 0 radical (unpaired) electrons. The molecule has 78 heavy (non-hydrogen) atoms. The summed E-state index contributed by atoms with van der Waals surface area (Å²) < 4.78 is 11.8. The fourth-order valence-corrected chi connectivity index (χ4v) is 12.1. The van der Waals surface area contributed by atoms with Gasteiger partial charge in [-0.2, -0.15) is 0 Å². The zero-order valence-electron chi connectivity index (χ0n) is 46.2. The Morgan fingerprint density at radius 2 is 1.55 bits per heavy atom. The van der Waals surface area contributed by atoms with Crippen LogP contribution in [0.4, 0.5) is 10.5 Å². The van der Waals surface area contributed by atoms with Gasteiger partial charge in [-0.15, -0.1) is 11.3 Å². The van der Waals surface area contributed by atoms with E-state index in [1.807, 2.05) is 107 Å². The van der Waals surface area contributed by atoms with Crippen molar-refractivity contribution in [2.24, 2.45) is 23.0 Å². The number of hydrogen-bond donors (Lipinski definition) is 7. The van der Waals surface area contributed by atoms with Crippen LogP contribution in [0.25, 0.3) is 10.4 Å². The summed E-state index contributed by atoms with van der Waals surface area (Å²) in [5.74, 6) is -1.72. The van der Waals surface area contributed by atoms with Gasteiger partial charge < -0.3 is 46.7 Å². The van der Waals surface area contributed by atoms with Crippen molar-refractivity contribution in [3.63, 3.8) is 0 Å². The predicted octanol–water partition coefficient (Wildman–Crippen LogP) is 5.74. The van der Waals surface area contributed by atoms with E-state index in [2.05, 4.69) is 26.3 Å². The number of primary amides is 1. The molecule has 1 aromatic heterocycles. The van der Waals surface area contributed by atoms with Crippen molar-refractivity contribution in [3.8, 4) is 10.4 Å². The molecular formula is C59H78N8O10S. The maximum atomic E-state index is 14.3. The molecule has 1 saturated carbocycles. The highest BCUT2D eigenvalue weighted by molar-refractivity contribution is 7.13. The van der Waals surface area contributed by atoms with Gasteiger partial charge in [-0.3, -0.25) is 33.8 Å². The maximum absolute atomic E-state index is 14.3. The Morgan fingerprint density at radius 1 is 0.872 bits per heavy atom. The van der Waals surface area contributed by atoms with Gasteiger partial charge in [-0.1, -0.05) is 87.5 Å². The summed E-state index contributed by atoms with van der Waals surface area (Å²) in [6, 6.07) is 17.8. The van der Waals surface area contributed by atoms with Gasteiger partial charge in [-0.05, 0) is 124 Å². The molecule has 2 fully saturated rings. The standard InChI is InChI=1S/C59H78N8O10S/c1-33-50(78-32-62-33)40-18-16-36(17-19-40)29-61-53(71)46-28-43(68)30-66(46)56(74)51(58(3,4)5)65-52(70)42-25-38(26-42)24-35-12-14-37(15-13-35)31-76-34(2)44(22-23-48(60)69)63-54(72)47-27-41-11-9-10-39-20-21-45(55(73)67(47)49(39)41)64-57(75)77-59(6,7)8/h9-19,32,34,38,42-47,51,56,68,74H,20-31H2,1-8H3,(H2,60,69)(H,61,71)(H,63,72)(H,64,75)(H,65,70)/t34-,38?,42?,43-,44+,45+,46+,47+,51?,56?/m1/s1. The van der Waals surface area contributed by atoms with Crippen LogP contribution in [-0.2, 0) is 65.9 Å². The van der Waals surface area contributed by atoms with Gasteiger partial charge in [0.15, 0.2) is 0 Å². The Kier molecular flexibility index (Phi) is 18.1. The minimum atomic E-state index is -1.22. The molecule has 1 saturated heterocycles. The molecule has 1 aliphatic carbocycles. The van der Waals surface area contributed by atoms with Gasteiger partial charge in [-0.25, -0.2) is 9.78 Å². The average Bonchev–Trinajstić information content (AvgIpc) is 4.11. The highest BCUT2D eigenvalue weighted by Gasteiger charge is 2.47. The van der Waals surface area contributed by atoms with Crippen LogP contribution in [0.2, 0.25) is 0 Å². The van der Waals surface area contributed by atoms with E-state index in [0.29, 0.717) is 31.4 Å². The Hall–Kier alpha value is -6.25. The number of carbonyl (C=O) groups is 6. The number of anilines is 1. The SMILES string of the molecule is Cc1ncsc1-c1ccc(CNC(=O)[C@@H]2C[C@@H](O)CN2C(O)C(NC(=O)C2CC(Cc3ccc(CO[C@H](C)[C@H](CCC(N)=O)NC(=O)[C@@H]4Cc5cccc6c5N4C(=O)[C@@H](NC(=O)OC(C)(C)C)CC6)cc3)C2)C(C)(C)C)cc1. The molecule has 6 amide bonds. The molecule has 8 N–H and O–H groups in total. The van der Waals surface area contributed by atoms with E-state index in [9.17, 15) is 39.0 Å². The number of thiazole rings is 1. The summed E-state index contributed by atoms with van der Waals surface area (Å²) in [7, 11) is 0. The maximum Gasteiger partial charge on any atom is 0.408 e. The van der Waals surface area contributed by atoms with Gasteiger partial charge in [0.1, 0.15) is 23.9 Å². The smallest absolute Gasteiger partial charge is 0.408 e. The van der Waals surface area contributed by atoms with E-state index >= 15 is 0 Å². The number of nitrogens with one attached hydrogen (secondary N) is 4. The number of aliphatic hydroxyl groups is 2. The van der Waals surface area contributed by atoms with Gasteiger partial charge in [0.05, 0.1) is 58.7 Å². The molecule has 2 unspecified atom stereocenters. The van der Waals surface area contributed by atoms with Crippen LogP contribution in [0.1, 0.15) is 121 Å². The second kappa shape index (κ2) is 24.4. The molecule has 4 heterocycles. The molecule has 18 nitrogen and oxygen atoms in total. The number of nitrogens with zero attached hydrogens (tertiary/aromatic N) is 3. The summed E-state index contributed by atoms with van der Waals surface area (Å²) in [5.41, 5.74) is 13.5. The van der Waals surface area contributed by atoms with Crippen LogP contribution in [0.15, 0.2) is 72.2 Å². The first-order chi connectivity index (χ1) is 36.9. The van der Waals surface area contributed by atoms with Crippen LogP contribution in [0, 0.1) is 24.2 Å². The Bertz CT molecular complexity index is 2800. The fraction of sp³-hybridized carbons (Fsp3) is 0.542. The van der Waals surface area contributed by atoms with Crippen molar-refractivity contribution in [1.29, 1.82) is 0 Å². The van der Waals surface area contributed by atoms with Gasteiger partial charge in [0, 0.05) is 31.8 Å². The molecule has 0 spiro atoms. The number of alkyl carbamates (subject to hydrolysis) is 1. The molecule has 4 aromatic rings. The number of benzene rings is 3. The topological polar surface area (TPSA) is 255 Å². The number of aromatic nitrogens is 1. The zero-order chi connectivity index (χ0) is 56.2. The highest BCUT2D eigenvalue weighted by atomic mass is 32.1. The lowest BCUT2D eigenvalue weighted by Gasteiger charge is -2.42. The number of ether oxygens (including phenoxy) is 2. The number of aliphatic hydroxyl groups excluding tert-OH is 2. The predicted molar refractivity (Wildman–Crippen MR) is 297 cm³/mol. The second-order valence-corrected chi connectivity index (χ2v) is 24.7. The molecular weight excluding hydrogens is 1010 g/mol. The lowest BCUT2D eigenvalue weighted by atomic mass is 9.71. The van der Waals surface area contributed by atoms with Crippen LogP contribution >= 0.6 is 11.3 Å². The fourth-order valence-electron chi connectivity index (χ4n) is 11.2. The molecule has 4 aliphatic rings. The summed E-state index contributed by atoms with van der Waals surface area (Å²) in [4.78, 5) is 89.3. The monoisotopic (exact) mass is 1090 g/mol. The first-order valence-electron chi connectivity index (χ1n) is 27.3. The number of likely N-dealkylation sites (tertiary alicyclic amines) is 1. The minimum absolute atomic E-state index is 0.00654. The third-order valence-electron chi connectivity index (χ3n) is 15.6. The Morgan fingerprint density at radius 3 is 2.21 bits per heavy atom. The highest BCUT2D eigenvalue weighted by Crippen LogP contribution is 2.40. The van der Waals surface area contributed by atoms with Gasteiger partial charge in [0.2, 0.25) is 29.5 Å². The van der Waals surface area contributed by atoms with Crippen molar-refractivity contribution in [2.75, 3.05) is 11.4 Å². The summed E-state index contributed by atoms with van der Waals surface area (Å²) in [6.07, 6.45) is 0.364. The number of carbonyl (C=O) groups excluding carboxylic acids is 6. The largest absolute Gasteiger partial charge is 0.444 e. The molecule has 420 valence electrons. The molecule has 0 bridgehead atoms. The number of hydrogen-bond acceptors (Lipinski definition) is 13. The number of aryl methyl sites for hydroxylation is 2. The number of amides is 6. The van der Waals surface area contributed by atoms with Crippen molar-refractivity contribution in [2.45, 2.75) is 181 Å². The lowest BCUT2D eigenvalue weighted by molar-refractivity contribution is -0.138. The van der Waals surface area contributed by atoms with Crippen molar-refractivity contribution in [1.82, 2.24) is 31.2 Å². The first-order valence-corrected chi connectivity index (χ1v) is 28.2. The van der Waals surface area contributed by atoms with Gasteiger partial charge >= 0.3 is 6.09 Å². The van der Waals surface area contributed by atoms with Crippen molar-refractivity contribution >= 4 is 52.7 Å². The summed E-state index contributed by atoms with van der Waals surface area (Å²) >= 11 is 1.58. The average molecular weight is 1090 g/mol. The molecule has 8 rings (SSSR count). The Balaban J connectivity index is 0.812. The molecule has 3 aliphatic heterocycles. The van der Waals surface area contributed by atoms with E-state index in [-0.39, 0.29) is 69.0 Å². The third-order valence-corrected chi connectivity index (χ3v) is 16.6. The lowest BCUT2D eigenvalue weighted by Crippen LogP contribution is -2.61. The quantitative estimate of drug-likeness (QED) is 0.0560. The van der Waals surface area contributed by atoms with E-state index in [4.69, 9.17) is 15.2 Å². The van der Waals surface area contributed by atoms with Crippen LogP contribution < -0.4 is 31.9 Å². The van der Waals surface area contributed by atoms with Crippen LogP contribution in [0.5, 0.6) is 0 Å². The summed E-state index contributed by atoms with van der Waals surface area (Å²) in [6.45, 7) is 15.5. The van der Waals surface area contributed by atoms with Crippen molar-refractivity contribution < 1.29 is 48.5 Å². The minimum Gasteiger partial charge on any atom is -0.444 e. The summed E-state index contributed by atoms with van der Waals surface area (Å²) in [5, 5.41) is 34.6.